The molecule has 2 aromatic carbocycles. The van der Waals surface area contributed by atoms with Gasteiger partial charge in [0.1, 0.15) is 17.8 Å². The normalized spacial score (nSPS) is 15.8. The van der Waals surface area contributed by atoms with Crippen molar-refractivity contribution in [1.29, 1.82) is 0 Å². The number of benzene rings is 2. The molecule has 1 saturated heterocycles. The van der Waals surface area contributed by atoms with E-state index in [2.05, 4.69) is 33.8 Å². The molecule has 0 radical (unpaired) electrons. The van der Waals surface area contributed by atoms with E-state index < -0.39 is 17.5 Å². The molecular weight excluding hydrogens is 517 g/mol. The van der Waals surface area contributed by atoms with Gasteiger partial charge in [-0.05, 0) is 74.5 Å². The van der Waals surface area contributed by atoms with Crippen LogP contribution in [0.1, 0.15) is 50.3 Å². The Labute approximate surface area is 230 Å². The monoisotopic (exact) mass is 546 g/mol. The highest BCUT2D eigenvalue weighted by atomic mass is 19.4. The molecule has 2 aromatic heterocycles. The lowest BCUT2D eigenvalue weighted by molar-refractivity contribution is -0.138. The van der Waals surface area contributed by atoms with E-state index in [1.54, 1.807) is 12.1 Å². The number of anilines is 1. The summed E-state index contributed by atoms with van der Waals surface area (Å²) in [5, 5.41) is 5.33. The first-order chi connectivity index (χ1) is 19.0. The fourth-order valence-electron chi connectivity index (χ4n) is 5.09. The average Bonchev–Trinajstić information content (AvgIpc) is 3.47. The van der Waals surface area contributed by atoms with Gasteiger partial charge in [-0.1, -0.05) is 30.2 Å². The lowest BCUT2D eigenvalue weighted by Gasteiger charge is -2.12. The molecule has 0 amide bonds. The maximum atomic E-state index is 13.3. The van der Waals surface area contributed by atoms with Crippen LogP contribution in [0.2, 0.25) is 0 Å². The number of nitrogen functional groups attached to an aromatic ring is 1. The standard InChI is InChI=1S/C30H29F3N6O/c1-18-4-6-20(13-26(40)23-7-5-19(2)24(14-23)30(31,32)33)12-22(18)8-9-25-27-28(34)35-17-36-29(27)39(37-25)16-21-10-11-38(3)15-21/h4-7,12,14,17,21H,10-11,13,15-16H2,1-3H3,(H2,34,35,36). The number of carbonyl (C=O) groups excluding carboxylic acids is 1. The minimum atomic E-state index is -4.52. The Morgan fingerprint density at radius 1 is 1.10 bits per heavy atom. The maximum Gasteiger partial charge on any atom is 0.416 e. The van der Waals surface area contributed by atoms with Crippen LogP contribution < -0.4 is 5.73 Å². The first kappa shape index (κ1) is 27.3. The van der Waals surface area contributed by atoms with E-state index >= 15 is 0 Å². The van der Waals surface area contributed by atoms with Crippen LogP contribution in [0, 0.1) is 31.6 Å². The number of halogens is 3. The molecule has 1 fully saturated rings. The lowest BCUT2D eigenvalue weighted by atomic mass is 9.96. The number of nitrogens with zero attached hydrogens (tertiary/aromatic N) is 5. The topological polar surface area (TPSA) is 89.9 Å². The van der Waals surface area contributed by atoms with Gasteiger partial charge in [0.25, 0.3) is 0 Å². The molecule has 4 aromatic rings. The van der Waals surface area contributed by atoms with E-state index in [0.717, 1.165) is 31.1 Å². The quantitative estimate of drug-likeness (QED) is 0.285. The third kappa shape index (κ3) is 5.70. The Kier molecular flexibility index (Phi) is 7.34. The fourth-order valence-corrected chi connectivity index (χ4v) is 5.09. The van der Waals surface area contributed by atoms with Crippen LogP contribution >= 0.6 is 0 Å². The molecule has 0 bridgehead atoms. The number of ketones is 1. The number of likely N-dealkylation sites (tertiary alicyclic amines) is 1. The van der Waals surface area contributed by atoms with Crippen molar-refractivity contribution in [3.63, 3.8) is 0 Å². The largest absolute Gasteiger partial charge is 0.416 e. The molecule has 1 unspecified atom stereocenters. The minimum Gasteiger partial charge on any atom is -0.383 e. The van der Waals surface area contributed by atoms with Gasteiger partial charge in [0.05, 0.1) is 10.9 Å². The highest BCUT2D eigenvalue weighted by molar-refractivity contribution is 5.98. The van der Waals surface area contributed by atoms with Gasteiger partial charge >= 0.3 is 6.18 Å². The minimum absolute atomic E-state index is 0.0204. The van der Waals surface area contributed by atoms with Crippen LogP contribution in [-0.4, -0.2) is 50.6 Å². The second-order valence-corrected chi connectivity index (χ2v) is 10.4. The zero-order valence-corrected chi connectivity index (χ0v) is 22.5. The van der Waals surface area contributed by atoms with Crippen molar-refractivity contribution >= 4 is 22.6 Å². The Balaban J connectivity index is 1.42. The number of hydrogen-bond donors (Lipinski definition) is 1. The predicted octanol–water partition coefficient (Wildman–Crippen LogP) is 4.82. The van der Waals surface area contributed by atoms with Gasteiger partial charge in [-0.3, -0.25) is 4.79 Å². The van der Waals surface area contributed by atoms with E-state index in [1.165, 1.54) is 25.4 Å². The molecule has 0 spiro atoms. The molecule has 206 valence electrons. The summed E-state index contributed by atoms with van der Waals surface area (Å²) in [6, 6.07) is 9.08. The molecule has 7 nitrogen and oxygen atoms in total. The second-order valence-electron chi connectivity index (χ2n) is 10.4. The Morgan fingerprint density at radius 2 is 1.88 bits per heavy atom. The molecule has 1 aliphatic rings. The van der Waals surface area contributed by atoms with E-state index in [1.807, 2.05) is 17.7 Å². The van der Waals surface area contributed by atoms with E-state index in [-0.39, 0.29) is 17.5 Å². The van der Waals surface area contributed by atoms with Gasteiger partial charge < -0.3 is 10.6 Å². The van der Waals surface area contributed by atoms with Gasteiger partial charge in [-0.15, -0.1) is 0 Å². The summed E-state index contributed by atoms with van der Waals surface area (Å²) in [5.41, 5.74) is 8.82. The lowest BCUT2D eigenvalue weighted by Crippen LogP contribution is -2.17. The summed E-state index contributed by atoms with van der Waals surface area (Å²) in [5.74, 6) is 6.61. The van der Waals surface area contributed by atoms with E-state index in [0.29, 0.717) is 46.1 Å². The van der Waals surface area contributed by atoms with Gasteiger partial charge in [-0.25, -0.2) is 14.6 Å². The molecule has 10 heteroatoms. The van der Waals surface area contributed by atoms with Crippen molar-refractivity contribution in [2.45, 2.75) is 39.4 Å². The third-order valence-corrected chi connectivity index (χ3v) is 7.33. The smallest absolute Gasteiger partial charge is 0.383 e. The van der Waals surface area contributed by atoms with Crippen LogP contribution in [0.25, 0.3) is 11.0 Å². The molecule has 5 rings (SSSR count). The Morgan fingerprint density at radius 3 is 2.60 bits per heavy atom. The SMILES string of the molecule is Cc1ccc(CC(=O)c2ccc(C)c(C(F)(F)F)c2)cc1C#Cc1nn(CC2CCN(C)C2)c2ncnc(N)c12. The number of carbonyl (C=O) groups is 1. The second kappa shape index (κ2) is 10.7. The fraction of sp³-hybridized carbons (Fsp3) is 0.333. The summed E-state index contributed by atoms with van der Waals surface area (Å²) in [6.45, 7) is 5.99. The summed E-state index contributed by atoms with van der Waals surface area (Å²) < 4.78 is 41.8. The number of rotatable bonds is 5. The van der Waals surface area contributed by atoms with Crippen molar-refractivity contribution in [3.05, 3.63) is 81.8 Å². The molecule has 40 heavy (non-hydrogen) atoms. The molecule has 0 saturated carbocycles. The average molecular weight is 547 g/mol. The number of alkyl halides is 3. The molecular formula is C30H29F3N6O. The van der Waals surface area contributed by atoms with Gasteiger partial charge in [0.15, 0.2) is 11.4 Å². The summed E-state index contributed by atoms with van der Waals surface area (Å²) in [4.78, 5) is 23.7. The van der Waals surface area contributed by atoms with Crippen molar-refractivity contribution in [2.24, 2.45) is 5.92 Å². The number of aromatic nitrogens is 4. The van der Waals surface area contributed by atoms with Crippen LogP contribution in [0.3, 0.4) is 0 Å². The van der Waals surface area contributed by atoms with Crippen molar-refractivity contribution in [2.75, 3.05) is 25.9 Å². The molecule has 1 aliphatic heterocycles. The Hall–Kier alpha value is -4.23. The first-order valence-corrected chi connectivity index (χ1v) is 13.0. The third-order valence-electron chi connectivity index (χ3n) is 7.33. The van der Waals surface area contributed by atoms with Crippen LogP contribution in [-0.2, 0) is 19.1 Å². The number of aryl methyl sites for hydroxylation is 2. The summed E-state index contributed by atoms with van der Waals surface area (Å²) >= 11 is 0. The maximum absolute atomic E-state index is 13.3. The van der Waals surface area contributed by atoms with Gasteiger partial charge in [0.2, 0.25) is 0 Å². The summed E-state index contributed by atoms with van der Waals surface area (Å²) in [7, 11) is 2.10. The first-order valence-electron chi connectivity index (χ1n) is 13.0. The number of Topliss-reactive ketones (excluding diaryl/α,β-unsaturated/α-hetero) is 1. The molecule has 3 heterocycles. The predicted molar refractivity (Wildman–Crippen MR) is 147 cm³/mol. The highest BCUT2D eigenvalue weighted by Crippen LogP contribution is 2.32. The summed E-state index contributed by atoms with van der Waals surface area (Å²) in [6.07, 6.45) is -2.08. The molecule has 2 N–H and O–H groups in total. The van der Waals surface area contributed by atoms with Crippen molar-refractivity contribution in [3.8, 4) is 11.8 Å². The van der Waals surface area contributed by atoms with Crippen LogP contribution in [0.5, 0.6) is 0 Å². The van der Waals surface area contributed by atoms with E-state index in [4.69, 9.17) is 10.8 Å². The molecule has 0 aliphatic carbocycles. The number of hydrogen-bond acceptors (Lipinski definition) is 6. The van der Waals surface area contributed by atoms with Crippen LogP contribution in [0.4, 0.5) is 19.0 Å². The Bertz CT molecular complexity index is 1660. The molecule has 1 atom stereocenters. The zero-order valence-electron chi connectivity index (χ0n) is 22.5. The highest BCUT2D eigenvalue weighted by Gasteiger charge is 2.33. The van der Waals surface area contributed by atoms with Crippen LogP contribution in [0.15, 0.2) is 42.7 Å². The zero-order chi connectivity index (χ0) is 28.6. The number of fused-ring (bicyclic) bond motifs is 1. The van der Waals surface area contributed by atoms with Crippen molar-refractivity contribution in [1.82, 2.24) is 24.6 Å². The van der Waals surface area contributed by atoms with Gasteiger partial charge in [0, 0.05) is 30.6 Å². The van der Waals surface area contributed by atoms with E-state index in [9.17, 15) is 18.0 Å². The van der Waals surface area contributed by atoms with Crippen molar-refractivity contribution < 1.29 is 18.0 Å². The number of nitrogens with two attached hydrogens (primary N) is 1. The van der Waals surface area contributed by atoms with Gasteiger partial charge in [-0.2, -0.15) is 18.3 Å².